The second-order valence-corrected chi connectivity index (χ2v) is 9.45. The van der Waals surface area contributed by atoms with Gasteiger partial charge in [-0.2, -0.15) is 0 Å². The van der Waals surface area contributed by atoms with Crippen molar-refractivity contribution in [3.05, 3.63) is 11.1 Å². The highest BCUT2D eigenvalue weighted by Crippen LogP contribution is 2.64. The molecule has 4 rings (SSSR count). The van der Waals surface area contributed by atoms with E-state index in [2.05, 4.69) is 13.8 Å². The first kappa shape index (κ1) is 17.0. The molecule has 3 aliphatic carbocycles. The van der Waals surface area contributed by atoms with E-state index >= 15 is 0 Å². The molecule has 0 aromatic carbocycles. The number of aliphatic hydroxyl groups excluding tert-OH is 1. The van der Waals surface area contributed by atoms with Crippen molar-refractivity contribution in [3.8, 4) is 0 Å². The maximum Gasteiger partial charge on any atom is 0.342 e. The SMILES string of the molecule is C[C@H]1C[C@]12C(=O)OC(=O)C1=C(C(=O)CC3C(C)(C)CCC[C@]13C)[C@H]2O. The van der Waals surface area contributed by atoms with Crippen molar-refractivity contribution in [1.82, 2.24) is 0 Å². The Bertz CT molecular complexity index is 732. The summed E-state index contributed by atoms with van der Waals surface area (Å²) in [5.74, 6) is -1.65. The Morgan fingerprint density at radius 2 is 1.76 bits per heavy atom. The van der Waals surface area contributed by atoms with Crippen LogP contribution in [0.4, 0.5) is 0 Å². The van der Waals surface area contributed by atoms with E-state index in [1.165, 1.54) is 0 Å². The minimum absolute atomic E-state index is 0.0144. The van der Waals surface area contributed by atoms with Crippen LogP contribution in [0.15, 0.2) is 11.1 Å². The van der Waals surface area contributed by atoms with Gasteiger partial charge in [0.15, 0.2) is 5.78 Å². The summed E-state index contributed by atoms with van der Waals surface area (Å²) in [7, 11) is 0. The average molecular weight is 346 g/mol. The molecule has 0 bridgehead atoms. The summed E-state index contributed by atoms with van der Waals surface area (Å²) in [6, 6.07) is 0. The lowest BCUT2D eigenvalue weighted by atomic mass is 9.49. The second kappa shape index (κ2) is 4.81. The number of hydrogen-bond acceptors (Lipinski definition) is 5. The van der Waals surface area contributed by atoms with E-state index < -0.39 is 28.9 Å². The number of Topliss-reactive ketones (excluding diaryl/α,β-unsaturated/α-hetero) is 1. The molecule has 5 nitrogen and oxygen atoms in total. The lowest BCUT2D eigenvalue weighted by molar-refractivity contribution is -0.164. The van der Waals surface area contributed by atoms with Crippen molar-refractivity contribution in [1.29, 1.82) is 0 Å². The molecule has 25 heavy (non-hydrogen) atoms. The summed E-state index contributed by atoms with van der Waals surface area (Å²) in [4.78, 5) is 38.4. The van der Waals surface area contributed by atoms with E-state index in [9.17, 15) is 19.5 Å². The zero-order valence-corrected chi connectivity index (χ0v) is 15.3. The van der Waals surface area contributed by atoms with E-state index in [1.807, 2.05) is 13.8 Å². The van der Waals surface area contributed by atoms with Crippen LogP contribution in [0, 0.1) is 28.1 Å². The van der Waals surface area contributed by atoms with E-state index in [4.69, 9.17) is 4.74 Å². The molecule has 0 aromatic heterocycles. The Balaban J connectivity index is 1.93. The van der Waals surface area contributed by atoms with Gasteiger partial charge in [0.05, 0.1) is 11.7 Å². The van der Waals surface area contributed by atoms with Crippen LogP contribution in [0.25, 0.3) is 0 Å². The molecule has 0 amide bonds. The Kier molecular flexibility index (Phi) is 3.26. The molecule has 1 N–H and O–H groups in total. The molecular formula is C20H26O5. The number of rotatable bonds is 0. The number of fused-ring (bicyclic) bond motifs is 2. The molecule has 0 saturated heterocycles. The fraction of sp³-hybridized carbons (Fsp3) is 0.750. The largest absolute Gasteiger partial charge is 0.389 e. The number of aliphatic hydroxyl groups is 1. The summed E-state index contributed by atoms with van der Waals surface area (Å²) >= 11 is 0. The van der Waals surface area contributed by atoms with Gasteiger partial charge in [-0.1, -0.05) is 34.1 Å². The standard InChI is InChI=1S/C20H26O5/c1-10-9-20(10)15(22)13-11(21)8-12-18(2,3)6-5-7-19(12,4)14(13)16(23)25-17(20)24/h10,12,15,22H,5-9H2,1-4H3/t10-,12?,15+,19-,20-/m0/s1. The molecule has 2 saturated carbocycles. The number of carbonyl (C=O) groups excluding carboxylic acids is 3. The normalized spacial score (nSPS) is 45.6. The van der Waals surface area contributed by atoms with Gasteiger partial charge in [-0.15, -0.1) is 0 Å². The van der Waals surface area contributed by atoms with Gasteiger partial charge in [0.2, 0.25) is 0 Å². The molecule has 0 radical (unpaired) electrons. The van der Waals surface area contributed by atoms with Gasteiger partial charge in [-0.3, -0.25) is 9.59 Å². The molecule has 5 heteroatoms. The quantitative estimate of drug-likeness (QED) is 0.538. The van der Waals surface area contributed by atoms with Gasteiger partial charge in [-0.05, 0) is 36.5 Å². The number of esters is 2. The van der Waals surface area contributed by atoms with E-state index in [0.717, 1.165) is 19.3 Å². The fourth-order valence-electron chi connectivity index (χ4n) is 6.01. The van der Waals surface area contributed by atoms with Crippen LogP contribution >= 0.6 is 0 Å². The number of ketones is 1. The third-order valence-electron chi connectivity index (χ3n) is 7.65. The minimum Gasteiger partial charge on any atom is -0.389 e. The number of carbonyl (C=O) groups is 3. The van der Waals surface area contributed by atoms with Crippen molar-refractivity contribution in [2.45, 2.75) is 65.9 Å². The summed E-state index contributed by atoms with van der Waals surface area (Å²) in [5.41, 5.74) is -1.29. The van der Waals surface area contributed by atoms with Gasteiger partial charge in [0.25, 0.3) is 0 Å². The van der Waals surface area contributed by atoms with Crippen molar-refractivity contribution in [3.63, 3.8) is 0 Å². The van der Waals surface area contributed by atoms with Gasteiger partial charge in [0.1, 0.15) is 5.41 Å². The molecule has 4 aliphatic rings. The Hall–Kier alpha value is -1.49. The Morgan fingerprint density at radius 1 is 1.12 bits per heavy atom. The van der Waals surface area contributed by atoms with Crippen LogP contribution in [-0.4, -0.2) is 28.9 Å². The van der Waals surface area contributed by atoms with Crippen molar-refractivity contribution in [2.24, 2.45) is 28.1 Å². The molecule has 1 aliphatic heterocycles. The lowest BCUT2D eigenvalue weighted by Gasteiger charge is -2.53. The van der Waals surface area contributed by atoms with Gasteiger partial charge < -0.3 is 9.84 Å². The molecule has 0 aromatic rings. The third kappa shape index (κ3) is 1.96. The summed E-state index contributed by atoms with van der Waals surface area (Å²) in [5, 5.41) is 11.0. The Morgan fingerprint density at radius 3 is 2.36 bits per heavy atom. The smallest absolute Gasteiger partial charge is 0.342 e. The molecule has 136 valence electrons. The molecule has 1 unspecified atom stereocenters. The molecular weight excluding hydrogens is 320 g/mol. The minimum atomic E-state index is -1.23. The van der Waals surface area contributed by atoms with Crippen LogP contribution in [0.2, 0.25) is 0 Å². The first-order valence-corrected chi connectivity index (χ1v) is 9.28. The van der Waals surface area contributed by atoms with Crippen molar-refractivity contribution in [2.75, 3.05) is 0 Å². The molecule has 5 atom stereocenters. The maximum absolute atomic E-state index is 13.0. The third-order valence-corrected chi connectivity index (χ3v) is 7.65. The Labute approximate surface area is 147 Å². The molecule has 1 heterocycles. The fourth-order valence-corrected chi connectivity index (χ4v) is 6.01. The molecule has 2 fully saturated rings. The topological polar surface area (TPSA) is 80.7 Å². The van der Waals surface area contributed by atoms with Crippen molar-refractivity contribution < 1.29 is 24.2 Å². The lowest BCUT2D eigenvalue weighted by Crippen LogP contribution is -2.50. The highest BCUT2D eigenvalue weighted by atomic mass is 16.6. The summed E-state index contributed by atoms with van der Waals surface area (Å²) in [6.45, 7) is 8.14. The number of ether oxygens (including phenoxy) is 1. The summed E-state index contributed by atoms with van der Waals surface area (Å²) < 4.78 is 5.18. The van der Waals surface area contributed by atoms with Crippen LogP contribution < -0.4 is 0 Å². The summed E-state index contributed by atoms with van der Waals surface area (Å²) in [6.07, 6.45) is 2.27. The van der Waals surface area contributed by atoms with E-state index in [-0.39, 0.29) is 34.2 Å². The van der Waals surface area contributed by atoms with Gasteiger partial charge >= 0.3 is 11.9 Å². The number of cyclic esters (lactones) is 2. The number of hydrogen-bond donors (Lipinski definition) is 1. The predicted octanol–water partition coefficient (Wildman–Crippen LogP) is 2.56. The predicted molar refractivity (Wildman–Crippen MR) is 89.2 cm³/mol. The average Bonchev–Trinajstić information content (AvgIpc) is 3.20. The monoisotopic (exact) mass is 346 g/mol. The van der Waals surface area contributed by atoms with Crippen LogP contribution in [0.5, 0.6) is 0 Å². The zero-order chi connectivity index (χ0) is 18.4. The highest BCUT2D eigenvalue weighted by Gasteiger charge is 2.69. The van der Waals surface area contributed by atoms with Gasteiger partial charge in [-0.25, -0.2) is 4.79 Å². The van der Waals surface area contributed by atoms with E-state index in [0.29, 0.717) is 12.8 Å². The van der Waals surface area contributed by atoms with Crippen LogP contribution in [0.3, 0.4) is 0 Å². The molecule has 1 spiro atoms. The highest BCUT2D eigenvalue weighted by molar-refractivity contribution is 6.12. The first-order chi connectivity index (χ1) is 11.6. The second-order valence-electron chi connectivity index (χ2n) is 9.45. The van der Waals surface area contributed by atoms with Crippen LogP contribution in [-0.2, 0) is 19.1 Å². The maximum atomic E-state index is 13.0. The van der Waals surface area contributed by atoms with Crippen LogP contribution in [0.1, 0.15) is 59.8 Å². The van der Waals surface area contributed by atoms with Crippen molar-refractivity contribution >= 4 is 17.7 Å². The van der Waals surface area contributed by atoms with E-state index in [1.54, 1.807) is 0 Å². The van der Waals surface area contributed by atoms with Gasteiger partial charge in [0, 0.05) is 17.4 Å². The first-order valence-electron chi connectivity index (χ1n) is 9.28. The zero-order valence-electron chi connectivity index (χ0n) is 15.3.